The first-order valence-electron chi connectivity index (χ1n) is 5.72. The number of hydrogen-bond donors (Lipinski definition) is 1. The third kappa shape index (κ3) is 2.33. The summed E-state index contributed by atoms with van der Waals surface area (Å²) in [6, 6.07) is 0. The van der Waals surface area contributed by atoms with Crippen molar-refractivity contribution in [3.8, 4) is 5.75 Å². The lowest BCUT2D eigenvalue weighted by atomic mass is 10.1. The fourth-order valence-electron chi connectivity index (χ4n) is 1.75. The summed E-state index contributed by atoms with van der Waals surface area (Å²) in [5.74, 6) is 0.397. The normalized spacial score (nSPS) is 12.1. The molecule has 3 nitrogen and oxygen atoms in total. The molecule has 1 heterocycles. The van der Waals surface area contributed by atoms with Crippen LogP contribution in [0.25, 0.3) is 0 Å². The molecule has 0 aromatic carbocycles. The predicted octanol–water partition coefficient (Wildman–Crippen LogP) is 2.86. The topological polar surface area (TPSA) is 38.1 Å². The van der Waals surface area contributed by atoms with Gasteiger partial charge in [0.05, 0.1) is 11.2 Å². The third-order valence-electron chi connectivity index (χ3n) is 2.48. The van der Waals surface area contributed by atoms with Gasteiger partial charge in [0, 0.05) is 0 Å². The minimum absolute atomic E-state index is 0.0601. The van der Waals surface area contributed by atoms with E-state index in [4.69, 9.17) is 0 Å². The Morgan fingerprint density at radius 3 is 2.27 bits per heavy atom. The Balaban J connectivity index is 3.25. The van der Waals surface area contributed by atoms with E-state index in [-0.39, 0.29) is 5.54 Å². The van der Waals surface area contributed by atoms with Gasteiger partial charge in [-0.15, -0.1) is 0 Å². The fraction of sp³-hybridized carbons (Fsp3) is 0.750. The molecule has 0 bridgehead atoms. The molecule has 0 radical (unpaired) electrons. The van der Waals surface area contributed by atoms with Crippen LogP contribution in [0.2, 0.25) is 0 Å². The van der Waals surface area contributed by atoms with E-state index < -0.39 is 0 Å². The number of aromatic hydroxyl groups is 1. The lowest BCUT2D eigenvalue weighted by Crippen LogP contribution is -2.25. The van der Waals surface area contributed by atoms with Gasteiger partial charge in [-0.05, 0) is 33.6 Å². The van der Waals surface area contributed by atoms with E-state index >= 15 is 0 Å². The van der Waals surface area contributed by atoms with E-state index in [9.17, 15) is 5.11 Å². The maximum atomic E-state index is 10.0. The van der Waals surface area contributed by atoms with Crippen LogP contribution in [-0.4, -0.2) is 14.9 Å². The zero-order valence-electron chi connectivity index (χ0n) is 10.5. The molecule has 0 spiro atoms. The van der Waals surface area contributed by atoms with Crippen LogP contribution in [0, 0.1) is 0 Å². The predicted molar refractivity (Wildman–Crippen MR) is 62.3 cm³/mol. The Hall–Kier alpha value is -0.990. The summed E-state index contributed by atoms with van der Waals surface area (Å²) in [4.78, 5) is 0. The van der Waals surface area contributed by atoms with Gasteiger partial charge in [0.2, 0.25) is 0 Å². The average Bonchev–Trinajstić information content (AvgIpc) is 2.44. The van der Waals surface area contributed by atoms with Gasteiger partial charge in [-0.3, -0.25) is 4.68 Å². The van der Waals surface area contributed by atoms with E-state index in [0.29, 0.717) is 5.75 Å². The molecule has 0 saturated carbocycles. The minimum atomic E-state index is -0.0601. The molecule has 0 atom stereocenters. The van der Waals surface area contributed by atoms with E-state index in [1.54, 1.807) is 0 Å². The molecule has 0 saturated heterocycles. The Bertz CT molecular complexity index is 334. The molecule has 3 heteroatoms. The first kappa shape index (κ1) is 12.1. The van der Waals surface area contributed by atoms with Crippen molar-refractivity contribution in [2.24, 2.45) is 0 Å². The zero-order chi connectivity index (χ0) is 11.6. The summed E-state index contributed by atoms with van der Waals surface area (Å²) in [6.07, 6.45) is 2.69. The monoisotopic (exact) mass is 210 g/mol. The second kappa shape index (κ2) is 4.25. The van der Waals surface area contributed by atoms with Gasteiger partial charge in [-0.1, -0.05) is 20.3 Å². The summed E-state index contributed by atoms with van der Waals surface area (Å²) < 4.78 is 1.96. The standard InChI is InChI=1S/C12H22N2O/c1-6-8-10-11(15)9(7-2)13-14(10)12(3,4)5/h15H,6-8H2,1-5H3. The maximum absolute atomic E-state index is 10.0. The van der Waals surface area contributed by atoms with Crippen LogP contribution in [-0.2, 0) is 18.4 Å². The minimum Gasteiger partial charge on any atom is -0.504 e. The van der Waals surface area contributed by atoms with Crippen LogP contribution in [0.5, 0.6) is 5.75 Å². The van der Waals surface area contributed by atoms with Crippen molar-refractivity contribution in [3.05, 3.63) is 11.4 Å². The zero-order valence-corrected chi connectivity index (χ0v) is 10.5. The van der Waals surface area contributed by atoms with E-state index in [1.165, 1.54) is 0 Å². The number of nitrogens with zero attached hydrogens (tertiary/aromatic N) is 2. The summed E-state index contributed by atoms with van der Waals surface area (Å²) >= 11 is 0. The lowest BCUT2D eigenvalue weighted by Gasteiger charge is -2.22. The van der Waals surface area contributed by atoms with Crippen LogP contribution >= 0.6 is 0 Å². The molecule has 0 aliphatic heterocycles. The van der Waals surface area contributed by atoms with Gasteiger partial charge in [-0.2, -0.15) is 5.10 Å². The van der Waals surface area contributed by atoms with Crippen LogP contribution in [0.4, 0.5) is 0 Å². The van der Waals surface area contributed by atoms with Gasteiger partial charge < -0.3 is 5.11 Å². The van der Waals surface area contributed by atoms with Crippen molar-refractivity contribution in [3.63, 3.8) is 0 Å². The van der Waals surface area contributed by atoms with Crippen molar-refractivity contribution in [2.75, 3.05) is 0 Å². The summed E-state index contributed by atoms with van der Waals surface area (Å²) in [7, 11) is 0. The largest absolute Gasteiger partial charge is 0.504 e. The Morgan fingerprint density at radius 2 is 1.87 bits per heavy atom. The van der Waals surface area contributed by atoms with Gasteiger partial charge in [-0.25, -0.2) is 0 Å². The van der Waals surface area contributed by atoms with Crippen LogP contribution < -0.4 is 0 Å². The highest BCUT2D eigenvalue weighted by Crippen LogP contribution is 2.28. The smallest absolute Gasteiger partial charge is 0.160 e. The van der Waals surface area contributed by atoms with Crippen LogP contribution in [0.15, 0.2) is 0 Å². The van der Waals surface area contributed by atoms with Crippen LogP contribution in [0.3, 0.4) is 0 Å². The number of rotatable bonds is 3. The Morgan fingerprint density at radius 1 is 1.27 bits per heavy atom. The Labute approximate surface area is 92.1 Å². The average molecular weight is 210 g/mol. The Kier molecular flexibility index (Phi) is 3.42. The molecule has 0 unspecified atom stereocenters. The SMILES string of the molecule is CCCc1c(O)c(CC)nn1C(C)(C)C. The van der Waals surface area contributed by atoms with E-state index in [1.807, 2.05) is 11.6 Å². The number of aromatic nitrogens is 2. The van der Waals surface area contributed by atoms with Gasteiger partial charge in [0.25, 0.3) is 0 Å². The molecular formula is C12H22N2O. The molecule has 1 rings (SSSR count). The third-order valence-corrected chi connectivity index (χ3v) is 2.48. The molecule has 15 heavy (non-hydrogen) atoms. The second-order valence-corrected chi connectivity index (χ2v) is 4.93. The highest BCUT2D eigenvalue weighted by atomic mass is 16.3. The van der Waals surface area contributed by atoms with Gasteiger partial charge in [0.1, 0.15) is 5.69 Å². The van der Waals surface area contributed by atoms with Gasteiger partial charge >= 0.3 is 0 Å². The molecule has 0 amide bonds. The molecule has 1 N–H and O–H groups in total. The second-order valence-electron chi connectivity index (χ2n) is 4.93. The first-order valence-corrected chi connectivity index (χ1v) is 5.72. The van der Waals surface area contributed by atoms with E-state index in [2.05, 4.69) is 32.8 Å². The molecule has 0 aliphatic carbocycles. The highest BCUT2D eigenvalue weighted by Gasteiger charge is 2.23. The van der Waals surface area contributed by atoms with Crippen LogP contribution in [0.1, 0.15) is 52.4 Å². The van der Waals surface area contributed by atoms with Crippen molar-refractivity contribution in [1.82, 2.24) is 9.78 Å². The summed E-state index contributed by atoms with van der Waals surface area (Å²) in [6.45, 7) is 10.5. The maximum Gasteiger partial charge on any atom is 0.160 e. The quantitative estimate of drug-likeness (QED) is 0.833. The highest BCUT2D eigenvalue weighted by molar-refractivity contribution is 5.33. The number of aryl methyl sites for hydroxylation is 1. The van der Waals surface area contributed by atoms with Crippen molar-refractivity contribution >= 4 is 0 Å². The summed E-state index contributed by atoms with van der Waals surface area (Å²) in [5.41, 5.74) is 1.73. The molecule has 1 aromatic rings. The molecule has 0 aliphatic rings. The fourth-order valence-corrected chi connectivity index (χ4v) is 1.75. The molecular weight excluding hydrogens is 188 g/mol. The van der Waals surface area contributed by atoms with Gasteiger partial charge in [0.15, 0.2) is 5.75 Å². The lowest BCUT2D eigenvalue weighted by molar-refractivity contribution is 0.337. The van der Waals surface area contributed by atoms with Crippen molar-refractivity contribution in [2.45, 2.75) is 59.4 Å². The molecule has 86 valence electrons. The molecule has 0 fully saturated rings. The van der Waals surface area contributed by atoms with Crippen molar-refractivity contribution in [1.29, 1.82) is 0 Å². The number of hydrogen-bond acceptors (Lipinski definition) is 2. The van der Waals surface area contributed by atoms with E-state index in [0.717, 1.165) is 30.7 Å². The summed E-state index contributed by atoms with van der Waals surface area (Å²) in [5, 5.41) is 14.5. The van der Waals surface area contributed by atoms with Crippen molar-refractivity contribution < 1.29 is 5.11 Å². The molecule has 1 aromatic heterocycles. The first-order chi connectivity index (χ1) is 6.91.